The molecule has 0 aliphatic heterocycles. The SMILES string of the molecule is CC(C)SCCNCCc1ccsc1. The summed E-state index contributed by atoms with van der Waals surface area (Å²) >= 11 is 3.80. The van der Waals surface area contributed by atoms with Crippen LogP contribution in [0.3, 0.4) is 0 Å². The maximum Gasteiger partial charge on any atom is 0.00606 e. The van der Waals surface area contributed by atoms with Crippen LogP contribution in [-0.2, 0) is 6.42 Å². The zero-order valence-electron chi connectivity index (χ0n) is 8.95. The van der Waals surface area contributed by atoms with Crippen LogP contribution in [0.15, 0.2) is 16.8 Å². The van der Waals surface area contributed by atoms with Crippen LogP contribution >= 0.6 is 23.1 Å². The highest BCUT2D eigenvalue weighted by molar-refractivity contribution is 7.99. The van der Waals surface area contributed by atoms with Crippen LogP contribution in [0.2, 0.25) is 0 Å². The number of nitrogens with one attached hydrogen (secondary N) is 1. The van der Waals surface area contributed by atoms with Gasteiger partial charge in [0.15, 0.2) is 0 Å². The van der Waals surface area contributed by atoms with Crippen molar-refractivity contribution in [2.24, 2.45) is 0 Å². The molecule has 0 saturated carbocycles. The van der Waals surface area contributed by atoms with Gasteiger partial charge in [0, 0.05) is 12.3 Å². The van der Waals surface area contributed by atoms with Crippen LogP contribution in [0.4, 0.5) is 0 Å². The van der Waals surface area contributed by atoms with E-state index in [1.807, 2.05) is 11.8 Å². The summed E-state index contributed by atoms with van der Waals surface area (Å²) in [6.07, 6.45) is 1.16. The highest BCUT2D eigenvalue weighted by Crippen LogP contribution is 2.07. The molecule has 1 aromatic rings. The lowest BCUT2D eigenvalue weighted by atomic mass is 10.2. The van der Waals surface area contributed by atoms with Gasteiger partial charge in [-0.3, -0.25) is 0 Å². The largest absolute Gasteiger partial charge is 0.316 e. The molecule has 0 amide bonds. The molecule has 1 aromatic heterocycles. The standard InChI is InChI=1S/C11H19NS2/c1-10(2)14-8-6-12-5-3-11-4-7-13-9-11/h4,7,9-10,12H,3,5-6,8H2,1-2H3. The third-order valence-corrected chi connectivity index (χ3v) is 3.74. The molecule has 80 valence electrons. The van der Waals surface area contributed by atoms with Gasteiger partial charge >= 0.3 is 0 Å². The Hall–Kier alpha value is 0.01000. The fraction of sp³-hybridized carbons (Fsp3) is 0.636. The molecule has 1 N–H and O–H groups in total. The van der Waals surface area contributed by atoms with E-state index in [0.29, 0.717) is 0 Å². The van der Waals surface area contributed by atoms with E-state index in [4.69, 9.17) is 0 Å². The number of thioether (sulfide) groups is 1. The molecule has 0 fully saturated rings. The first-order chi connectivity index (χ1) is 6.79. The molecule has 0 aliphatic carbocycles. The summed E-state index contributed by atoms with van der Waals surface area (Å²) in [5.74, 6) is 1.22. The minimum absolute atomic E-state index is 0.758. The highest BCUT2D eigenvalue weighted by atomic mass is 32.2. The molecule has 1 nitrogen and oxygen atoms in total. The van der Waals surface area contributed by atoms with Gasteiger partial charge in [-0.15, -0.1) is 0 Å². The van der Waals surface area contributed by atoms with E-state index >= 15 is 0 Å². The van der Waals surface area contributed by atoms with Crippen LogP contribution in [0.25, 0.3) is 0 Å². The molecule has 3 heteroatoms. The Morgan fingerprint density at radius 1 is 1.43 bits per heavy atom. The third-order valence-electron chi connectivity index (χ3n) is 1.90. The minimum Gasteiger partial charge on any atom is -0.316 e. The van der Waals surface area contributed by atoms with Gasteiger partial charge < -0.3 is 5.32 Å². The van der Waals surface area contributed by atoms with Crippen LogP contribution in [0.1, 0.15) is 19.4 Å². The maximum absolute atomic E-state index is 3.46. The lowest BCUT2D eigenvalue weighted by molar-refractivity contribution is 0.721. The van der Waals surface area contributed by atoms with Crippen molar-refractivity contribution >= 4 is 23.1 Å². The Labute approximate surface area is 95.3 Å². The molecule has 1 rings (SSSR count). The van der Waals surface area contributed by atoms with Gasteiger partial charge in [0.2, 0.25) is 0 Å². The summed E-state index contributed by atoms with van der Waals surface area (Å²) in [4.78, 5) is 0. The summed E-state index contributed by atoms with van der Waals surface area (Å²) in [6, 6.07) is 2.20. The van der Waals surface area contributed by atoms with Crippen molar-refractivity contribution in [2.45, 2.75) is 25.5 Å². The normalized spacial score (nSPS) is 11.1. The zero-order valence-corrected chi connectivity index (χ0v) is 10.6. The molecule has 0 radical (unpaired) electrons. The van der Waals surface area contributed by atoms with Gasteiger partial charge in [-0.1, -0.05) is 13.8 Å². The fourth-order valence-electron chi connectivity index (χ4n) is 1.16. The molecule has 1 heterocycles. The molecule has 0 aromatic carbocycles. The molecule has 0 atom stereocenters. The first-order valence-electron chi connectivity index (χ1n) is 5.12. The summed E-state index contributed by atoms with van der Waals surface area (Å²) in [5.41, 5.74) is 1.46. The van der Waals surface area contributed by atoms with Crippen molar-refractivity contribution in [3.8, 4) is 0 Å². The summed E-state index contributed by atoms with van der Waals surface area (Å²) in [5, 5.41) is 8.59. The maximum atomic E-state index is 3.46. The second-order valence-corrected chi connectivity index (χ2v) is 6.02. The van der Waals surface area contributed by atoms with Gasteiger partial charge in [-0.2, -0.15) is 23.1 Å². The monoisotopic (exact) mass is 229 g/mol. The van der Waals surface area contributed by atoms with Gasteiger partial charge in [0.25, 0.3) is 0 Å². The number of thiophene rings is 1. The quantitative estimate of drug-likeness (QED) is 0.721. The van der Waals surface area contributed by atoms with E-state index in [2.05, 4.69) is 36.0 Å². The third kappa shape index (κ3) is 5.68. The first-order valence-corrected chi connectivity index (χ1v) is 7.11. The minimum atomic E-state index is 0.758. The van der Waals surface area contributed by atoms with E-state index in [0.717, 1.165) is 24.8 Å². The fourth-order valence-corrected chi connectivity index (χ4v) is 2.60. The van der Waals surface area contributed by atoms with Crippen molar-refractivity contribution in [3.05, 3.63) is 22.4 Å². The van der Waals surface area contributed by atoms with Crippen LogP contribution < -0.4 is 5.32 Å². The molecule has 0 bridgehead atoms. The second-order valence-electron chi connectivity index (χ2n) is 3.55. The summed E-state index contributed by atoms with van der Waals surface area (Å²) in [6.45, 7) is 6.73. The Kier molecular flexibility index (Phi) is 6.32. The van der Waals surface area contributed by atoms with Gasteiger partial charge in [0.05, 0.1) is 0 Å². The number of hydrogen-bond acceptors (Lipinski definition) is 3. The lowest BCUT2D eigenvalue weighted by Crippen LogP contribution is -2.20. The van der Waals surface area contributed by atoms with Crippen LogP contribution in [0, 0.1) is 0 Å². The predicted molar refractivity (Wildman–Crippen MR) is 68.5 cm³/mol. The average molecular weight is 229 g/mol. The van der Waals surface area contributed by atoms with E-state index in [9.17, 15) is 0 Å². The average Bonchev–Trinajstić information content (AvgIpc) is 2.63. The second kappa shape index (κ2) is 7.32. The Balaban J connectivity index is 1.90. The lowest BCUT2D eigenvalue weighted by Gasteiger charge is -2.05. The summed E-state index contributed by atoms with van der Waals surface area (Å²) < 4.78 is 0. The zero-order chi connectivity index (χ0) is 10.2. The van der Waals surface area contributed by atoms with E-state index in [1.165, 1.54) is 11.3 Å². The van der Waals surface area contributed by atoms with Crippen LogP contribution in [-0.4, -0.2) is 24.1 Å². The predicted octanol–water partition coefficient (Wildman–Crippen LogP) is 3.02. The molecule has 0 spiro atoms. The molecular weight excluding hydrogens is 210 g/mol. The van der Waals surface area contributed by atoms with Crippen molar-refractivity contribution in [2.75, 3.05) is 18.8 Å². The van der Waals surface area contributed by atoms with Crippen LogP contribution in [0.5, 0.6) is 0 Å². The molecule has 0 unspecified atom stereocenters. The topological polar surface area (TPSA) is 12.0 Å². The van der Waals surface area contributed by atoms with E-state index in [-0.39, 0.29) is 0 Å². The van der Waals surface area contributed by atoms with Gasteiger partial charge in [0.1, 0.15) is 0 Å². The smallest absolute Gasteiger partial charge is 0.00606 e. The van der Waals surface area contributed by atoms with Gasteiger partial charge in [-0.25, -0.2) is 0 Å². The Morgan fingerprint density at radius 3 is 2.93 bits per heavy atom. The van der Waals surface area contributed by atoms with Crippen molar-refractivity contribution < 1.29 is 0 Å². The molecule has 0 saturated heterocycles. The number of hydrogen-bond donors (Lipinski definition) is 1. The summed E-state index contributed by atoms with van der Waals surface area (Å²) in [7, 11) is 0. The Bertz CT molecular complexity index is 219. The van der Waals surface area contributed by atoms with E-state index < -0.39 is 0 Å². The van der Waals surface area contributed by atoms with Gasteiger partial charge in [-0.05, 0) is 40.6 Å². The Morgan fingerprint density at radius 2 is 2.29 bits per heavy atom. The number of rotatable bonds is 7. The van der Waals surface area contributed by atoms with Crippen molar-refractivity contribution in [1.82, 2.24) is 5.32 Å². The van der Waals surface area contributed by atoms with E-state index in [1.54, 1.807) is 11.3 Å². The molecular formula is C11H19NS2. The van der Waals surface area contributed by atoms with Crippen molar-refractivity contribution in [3.63, 3.8) is 0 Å². The van der Waals surface area contributed by atoms with Crippen molar-refractivity contribution in [1.29, 1.82) is 0 Å². The molecule has 0 aliphatic rings. The first kappa shape index (κ1) is 12.1. The highest BCUT2D eigenvalue weighted by Gasteiger charge is 1.94. The molecule has 14 heavy (non-hydrogen) atoms.